The normalized spacial score (nSPS) is 26.9. The summed E-state index contributed by atoms with van der Waals surface area (Å²) in [6.07, 6.45) is 3.76. The van der Waals surface area contributed by atoms with E-state index in [2.05, 4.69) is 52.4 Å². The molecule has 4 rings (SSSR count). The molecule has 3 fully saturated rings. The zero-order chi connectivity index (χ0) is 21.3. The van der Waals surface area contributed by atoms with Crippen molar-refractivity contribution in [2.75, 3.05) is 59.2 Å². The second-order valence-corrected chi connectivity index (χ2v) is 8.64. The van der Waals surface area contributed by atoms with E-state index in [1.807, 2.05) is 0 Å². The maximum atomic E-state index is 6.14. The van der Waals surface area contributed by atoms with Crippen molar-refractivity contribution in [2.45, 2.75) is 51.0 Å². The zero-order valence-electron chi connectivity index (χ0n) is 18.9. The number of nitrogens with one attached hydrogen (secondary N) is 1. The Bertz CT molecular complexity index is 681. The zero-order valence-corrected chi connectivity index (χ0v) is 18.9. The Kier molecular flexibility index (Phi) is 8.58. The summed E-state index contributed by atoms with van der Waals surface area (Å²) in [5, 5.41) is 3.48. The molecule has 3 atom stereocenters. The lowest BCUT2D eigenvalue weighted by molar-refractivity contribution is -0.0502. The molecule has 3 heterocycles. The summed E-state index contributed by atoms with van der Waals surface area (Å²) in [6, 6.07) is 11.2. The predicted octanol–water partition coefficient (Wildman–Crippen LogP) is 2.12. The first kappa shape index (κ1) is 22.5. The van der Waals surface area contributed by atoms with E-state index in [4.69, 9.17) is 19.2 Å². The average molecular weight is 431 g/mol. The van der Waals surface area contributed by atoms with E-state index >= 15 is 0 Å². The molecule has 7 heteroatoms. The van der Waals surface area contributed by atoms with Crippen molar-refractivity contribution in [1.82, 2.24) is 15.1 Å². The standard InChI is InChI=1S/C24H38N4O3/c1-2-25-24(26-11-7-13-29-19-21-10-6-14-30-21)28-17-22-23(18-28)31-15-12-27(22)16-20-8-4-3-5-9-20/h3-5,8-9,21-23H,2,6-7,10-19H2,1H3,(H,25,26). The van der Waals surface area contributed by atoms with Crippen molar-refractivity contribution in [1.29, 1.82) is 0 Å². The van der Waals surface area contributed by atoms with Crippen LogP contribution < -0.4 is 5.32 Å². The molecule has 3 aliphatic heterocycles. The van der Waals surface area contributed by atoms with Gasteiger partial charge in [-0.25, -0.2) is 0 Å². The monoisotopic (exact) mass is 430 g/mol. The van der Waals surface area contributed by atoms with Crippen molar-refractivity contribution in [3.63, 3.8) is 0 Å². The highest BCUT2D eigenvalue weighted by Gasteiger charge is 2.41. The van der Waals surface area contributed by atoms with Crippen LogP contribution in [0.4, 0.5) is 0 Å². The molecule has 0 aromatic heterocycles. The van der Waals surface area contributed by atoms with Crippen LogP contribution in [-0.4, -0.2) is 93.2 Å². The Hall–Kier alpha value is -1.67. The minimum atomic E-state index is 0.246. The molecule has 1 aromatic rings. The van der Waals surface area contributed by atoms with Gasteiger partial charge in [0.15, 0.2) is 5.96 Å². The third-order valence-electron chi connectivity index (χ3n) is 6.32. The highest BCUT2D eigenvalue weighted by molar-refractivity contribution is 5.80. The van der Waals surface area contributed by atoms with E-state index in [-0.39, 0.29) is 6.10 Å². The van der Waals surface area contributed by atoms with Crippen LogP contribution in [0.15, 0.2) is 35.3 Å². The lowest BCUT2D eigenvalue weighted by Crippen LogP contribution is -2.50. The van der Waals surface area contributed by atoms with Crippen molar-refractivity contribution in [2.24, 2.45) is 4.99 Å². The number of hydrogen-bond acceptors (Lipinski definition) is 5. The molecule has 1 N–H and O–H groups in total. The van der Waals surface area contributed by atoms with Crippen LogP contribution in [-0.2, 0) is 20.8 Å². The van der Waals surface area contributed by atoms with Gasteiger partial charge in [0.1, 0.15) is 0 Å². The molecular weight excluding hydrogens is 392 g/mol. The number of aliphatic imine (C=N–C) groups is 1. The number of guanidine groups is 1. The first-order valence-corrected chi connectivity index (χ1v) is 12.0. The minimum Gasteiger partial charge on any atom is -0.379 e. The molecule has 172 valence electrons. The molecule has 0 saturated carbocycles. The summed E-state index contributed by atoms with van der Waals surface area (Å²) in [5.74, 6) is 0.999. The van der Waals surface area contributed by atoms with Gasteiger partial charge in [0.25, 0.3) is 0 Å². The second kappa shape index (κ2) is 11.8. The van der Waals surface area contributed by atoms with E-state index in [9.17, 15) is 0 Å². The summed E-state index contributed by atoms with van der Waals surface area (Å²) in [7, 11) is 0. The van der Waals surface area contributed by atoms with Crippen molar-refractivity contribution < 1.29 is 14.2 Å². The number of morpholine rings is 1. The Labute approximate surface area is 186 Å². The third-order valence-corrected chi connectivity index (χ3v) is 6.32. The average Bonchev–Trinajstić information content (AvgIpc) is 3.46. The van der Waals surface area contributed by atoms with E-state index in [0.717, 1.165) is 84.3 Å². The molecule has 0 aliphatic carbocycles. The Morgan fingerprint density at radius 1 is 1.19 bits per heavy atom. The van der Waals surface area contributed by atoms with Crippen LogP contribution in [0.3, 0.4) is 0 Å². The Morgan fingerprint density at radius 2 is 2.10 bits per heavy atom. The Morgan fingerprint density at radius 3 is 2.90 bits per heavy atom. The molecular formula is C24H38N4O3. The molecule has 0 radical (unpaired) electrons. The van der Waals surface area contributed by atoms with Gasteiger partial charge >= 0.3 is 0 Å². The number of rotatable bonds is 9. The summed E-state index contributed by atoms with van der Waals surface area (Å²) in [5.41, 5.74) is 1.37. The fraction of sp³-hybridized carbons (Fsp3) is 0.708. The number of hydrogen-bond donors (Lipinski definition) is 1. The number of fused-ring (bicyclic) bond motifs is 1. The van der Waals surface area contributed by atoms with Gasteiger partial charge in [-0.3, -0.25) is 9.89 Å². The number of ether oxygens (including phenoxy) is 3. The summed E-state index contributed by atoms with van der Waals surface area (Å²) in [4.78, 5) is 9.82. The third kappa shape index (κ3) is 6.42. The molecule has 3 unspecified atom stereocenters. The van der Waals surface area contributed by atoms with Gasteiger partial charge < -0.3 is 24.4 Å². The van der Waals surface area contributed by atoms with Crippen LogP contribution in [0.25, 0.3) is 0 Å². The predicted molar refractivity (Wildman–Crippen MR) is 122 cm³/mol. The van der Waals surface area contributed by atoms with Gasteiger partial charge in [0.05, 0.1) is 31.5 Å². The first-order valence-electron chi connectivity index (χ1n) is 12.0. The highest BCUT2D eigenvalue weighted by Crippen LogP contribution is 2.24. The molecule has 31 heavy (non-hydrogen) atoms. The Balaban J connectivity index is 1.26. The molecule has 7 nitrogen and oxygen atoms in total. The maximum absolute atomic E-state index is 6.14. The van der Waals surface area contributed by atoms with Gasteiger partial charge in [-0.2, -0.15) is 0 Å². The molecule has 3 aliphatic rings. The number of nitrogens with zero attached hydrogens (tertiary/aromatic N) is 3. The second-order valence-electron chi connectivity index (χ2n) is 8.64. The highest BCUT2D eigenvalue weighted by atomic mass is 16.5. The lowest BCUT2D eigenvalue weighted by atomic mass is 10.1. The topological polar surface area (TPSA) is 58.6 Å². The number of benzene rings is 1. The first-order chi connectivity index (χ1) is 15.3. The fourth-order valence-electron chi connectivity index (χ4n) is 4.71. The minimum absolute atomic E-state index is 0.246. The van der Waals surface area contributed by atoms with Gasteiger partial charge in [0, 0.05) is 52.5 Å². The van der Waals surface area contributed by atoms with Gasteiger partial charge in [-0.05, 0) is 31.7 Å². The fourth-order valence-corrected chi connectivity index (χ4v) is 4.71. The van der Waals surface area contributed by atoms with Crippen LogP contribution >= 0.6 is 0 Å². The van der Waals surface area contributed by atoms with Gasteiger partial charge in [0.2, 0.25) is 0 Å². The lowest BCUT2D eigenvalue weighted by Gasteiger charge is -2.36. The van der Waals surface area contributed by atoms with Crippen molar-refractivity contribution in [3.05, 3.63) is 35.9 Å². The van der Waals surface area contributed by atoms with E-state index in [0.29, 0.717) is 18.8 Å². The largest absolute Gasteiger partial charge is 0.379 e. The summed E-state index contributed by atoms with van der Waals surface area (Å²) < 4.78 is 17.5. The van der Waals surface area contributed by atoms with E-state index in [1.54, 1.807) is 0 Å². The van der Waals surface area contributed by atoms with Gasteiger partial charge in [-0.15, -0.1) is 0 Å². The van der Waals surface area contributed by atoms with Crippen molar-refractivity contribution in [3.8, 4) is 0 Å². The number of likely N-dealkylation sites (tertiary alicyclic amines) is 1. The SMILES string of the molecule is CCNC(=NCCCOCC1CCCO1)N1CC2OCCN(Cc3ccccc3)C2C1. The summed E-state index contributed by atoms with van der Waals surface area (Å²) >= 11 is 0. The smallest absolute Gasteiger partial charge is 0.194 e. The van der Waals surface area contributed by atoms with Crippen LogP contribution in [0, 0.1) is 0 Å². The van der Waals surface area contributed by atoms with Crippen LogP contribution in [0.1, 0.15) is 31.7 Å². The van der Waals surface area contributed by atoms with Gasteiger partial charge in [-0.1, -0.05) is 30.3 Å². The molecule has 0 spiro atoms. The molecule has 0 amide bonds. The van der Waals surface area contributed by atoms with Crippen LogP contribution in [0.5, 0.6) is 0 Å². The molecule has 0 bridgehead atoms. The molecule has 1 aromatic carbocycles. The summed E-state index contributed by atoms with van der Waals surface area (Å²) in [6.45, 7) is 10.7. The van der Waals surface area contributed by atoms with Crippen LogP contribution in [0.2, 0.25) is 0 Å². The van der Waals surface area contributed by atoms with E-state index in [1.165, 1.54) is 5.56 Å². The maximum Gasteiger partial charge on any atom is 0.194 e. The molecule has 3 saturated heterocycles. The van der Waals surface area contributed by atoms with E-state index < -0.39 is 0 Å². The quantitative estimate of drug-likeness (QED) is 0.368. The van der Waals surface area contributed by atoms with Crippen molar-refractivity contribution >= 4 is 5.96 Å².